The van der Waals surface area contributed by atoms with Crippen LogP contribution in [0.3, 0.4) is 0 Å². The minimum Gasteiger partial charge on any atom is -0.394 e. The summed E-state index contributed by atoms with van der Waals surface area (Å²) in [5, 5.41) is 38.4. The molecule has 0 spiro atoms. The van der Waals surface area contributed by atoms with Crippen molar-refractivity contribution in [2.45, 2.75) is 37.5 Å². The number of aliphatic hydroxyl groups is 3. The number of carbonyl (C=O) groups excluding carboxylic acids is 1. The Labute approximate surface area is 199 Å². The number of para-hydroxylation sites is 1. The number of nitrogens with zero attached hydrogens (tertiary/aromatic N) is 3. The quantitative estimate of drug-likeness (QED) is 0.402. The molecule has 0 saturated carbocycles. The minimum atomic E-state index is -1.43. The Morgan fingerprint density at radius 1 is 1.15 bits per heavy atom. The van der Waals surface area contributed by atoms with Crippen LogP contribution in [0.15, 0.2) is 54.6 Å². The van der Waals surface area contributed by atoms with Gasteiger partial charge in [0.15, 0.2) is 12.1 Å². The third kappa shape index (κ3) is 4.45. The average molecular weight is 491 g/mol. The van der Waals surface area contributed by atoms with Crippen LogP contribution in [0.25, 0.3) is 17.1 Å². The molecule has 5 atom stereocenters. The van der Waals surface area contributed by atoms with Crippen molar-refractivity contribution in [3.05, 3.63) is 64.4 Å². The smallest absolute Gasteiger partial charge is 0.217 e. The number of aromatic nitrogens is 3. The van der Waals surface area contributed by atoms with E-state index in [4.69, 9.17) is 28.6 Å². The maximum Gasteiger partial charge on any atom is 0.217 e. The number of amides is 1. The van der Waals surface area contributed by atoms with Crippen molar-refractivity contribution in [3.8, 4) is 17.1 Å². The first-order valence-electron chi connectivity index (χ1n) is 10.2. The Hall–Kier alpha value is -2.60. The van der Waals surface area contributed by atoms with Crippen molar-refractivity contribution in [3.63, 3.8) is 0 Å². The van der Waals surface area contributed by atoms with Crippen molar-refractivity contribution in [2.24, 2.45) is 0 Å². The van der Waals surface area contributed by atoms with Crippen LogP contribution >= 0.6 is 23.8 Å². The highest BCUT2D eigenvalue weighted by molar-refractivity contribution is 7.71. The van der Waals surface area contributed by atoms with Crippen molar-refractivity contribution < 1.29 is 24.9 Å². The summed E-state index contributed by atoms with van der Waals surface area (Å²) >= 11 is 12.2. The van der Waals surface area contributed by atoms with Crippen molar-refractivity contribution >= 4 is 29.7 Å². The third-order valence-corrected chi connectivity index (χ3v) is 6.14. The van der Waals surface area contributed by atoms with Crippen LogP contribution < -0.4 is 5.32 Å². The summed E-state index contributed by atoms with van der Waals surface area (Å²) in [5.74, 6) is -0.0224. The van der Waals surface area contributed by atoms with Gasteiger partial charge in [0.05, 0.1) is 11.6 Å². The summed E-state index contributed by atoms with van der Waals surface area (Å²) in [6.45, 7) is 0.733. The predicted molar refractivity (Wildman–Crippen MR) is 123 cm³/mol. The molecule has 1 aromatic heterocycles. The van der Waals surface area contributed by atoms with Gasteiger partial charge in [0.1, 0.15) is 24.4 Å². The van der Waals surface area contributed by atoms with Gasteiger partial charge in [-0.2, -0.15) is 0 Å². The molecule has 1 aliphatic rings. The first kappa shape index (κ1) is 23.6. The van der Waals surface area contributed by atoms with E-state index >= 15 is 0 Å². The van der Waals surface area contributed by atoms with E-state index in [1.165, 1.54) is 11.6 Å². The fourth-order valence-electron chi connectivity index (χ4n) is 3.87. The van der Waals surface area contributed by atoms with E-state index < -0.39 is 43.1 Å². The van der Waals surface area contributed by atoms with E-state index in [0.29, 0.717) is 16.4 Å². The molecule has 4 N–H and O–H groups in total. The molecule has 2 aromatic carbocycles. The highest BCUT2D eigenvalue weighted by atomic mass is 35.5. The van der Waals surface area contributed by atoms with E-state index in [-0.39, 0.29) is 4.77 Å². The summed E-state index contributed by atoms with van der Waals surface area (Å²) in [6.07, 6.45) is -5.07. The lowest BCUT2D eigenvalue weighted by Crippen LogP contribution is -2.62. The van der Waals surface area contributed by atoms with Crippen LogP contribution in [0, 0.1) is 4.77 Å². The van der Waals surface area contributed by atoms with Crippen molar-refractivity contribution in [2.75, 3.05) is 6.61 Å². The molecule has 0 aliphatic carbocycles. The van der Waals surface area contributed by atoms with E-state index in [9.17, 15) is 20.1 Å². The molecule has 1 amide bonds. The molecule has 1 saturated heterocycles. The molecular weight excluding hydrogens is 468 g/mol. The Kier molecular flexibility index (Phi) is 6.94. The molecule has 1 fully saturated rings. The molecule has 0 unspecified atom stereocenters. The van der Waals surface area contributed by atoms with Gasteiger partial charge in [0.25, 0.3) is 0 Å². The van der Waals surface area contributed by atoms with Gasteiger partial charge in [0, 0.05) is 18.2 Å². The summed E-state index contributed by atoms with van der Waals surface area (Å²) in [7, 11) is 0. The number of nitrogens with one attached hydrogen (secondary N) is 1. The van der Waals surface area contributed by atoms with Gasteiger partial charge in [-0.25, -0.2) is 4.68 Å². The number of ether oxygens (including phenoxy) is 1. The lowest BCUT2D eigenvalue weighted by Gasteiger charge is -2.42. The molecule has 11 heteroatoms. The van der Waals surface area contributed by atoms with Crippen molar-refractivity contribution in [1.29, 1.82) is 0 Å². The van der Waals surface area contributed by atoms with E-state index in [2.05, 4.69) is 10.4 Å². The fourth-order valence-corrected chi connectivity index (χ4v) is 4.43. The lowest BCUT2D eigenvalue weighted by molar-refractivity contribution is -0.219. The number of aliphatic hydroxyl groups excluding tert-OH is 3. The maximum absolute atomic E-state index is 11.8. The van der Waals surface area contributed by atoms with Crippen LogP contribution in [0.5, 0.6) is 0 Å². The normalized spacial score (nSPS) is 25.1. The highest BCUT2D eigenvalue weighted by Gasteiger charge is 2.46. The number of hydrogen-bond acceptors (Lipinski definition) is 7. The zero-order valence-electron chi connectivity index (χ0n) is 17.6. The van der Waals surface area contributed by atoms with Gasteiger partial charge in [-0.1, -0.05) is 41.9 Å². The third-order valence-electron chi connectivity index (χ3n) is 5.44. The lowest BCUT2D eigenvalue weighted by atomic mass is 9.96. The van der Waals surface area contributed by atoms with Gasteiger partial charge in [-0.3, -0.25) is 9.36 Å². The highest BCUT2D eigenvalue weighted by Crippen LogP contribution is 2.33. The minimum absolute atomic E-state index is 0.205. The van der Waals surface area contributed by atoms with Crippen molar-refractivity contribution in [1.82, 2.24) is 19.7 Å². The van der Waals surface area contributed by atoms with Crippen LogP contribution in [-0.2, 0) is 9.53 Å². The van der Waals surface area contributed by atoms with Crippen LogP contribution in [0.1, 0.15) is 13.2 Å². The summed E-state index contributed by atoms with van der Waals surface area (Å²) in [5.41, 5.74) is 1.33. The number of halogens is 1. The second-order valence-corrected chi connectivity index (χ2v) is 8.43. The molecule has 9 nitrogen and oxygen atoms in total. The molecule has 4 rings (SSSR count). The fraction of sp³-hybridized carbons (Fsp3) is 0.318. The molecule has 1 aliphatic heterocycles. The summed E-state index contributed by atoms with van der Waals surface area (Å²) in [6, 6.07) is 15.3. The molecule has 33 heavy (non-hydrogen) atoms. The molecule has 0 radical (unpaired) electrons. The van der Waals surface area contributed by atoms with Gasteiger partial charge in [0.2, 0.25) is 10.7 Å². The largest absolute Gasteiger partial charge is 0.394 e. The van der Waals surface area contributed by atoms with Gasteiger partial charge < -0.3 is 25.4 Å². The molecule has 0 bridgehead atoms. The molecule has 2 heterocycles. The Morgan fingerprint density at radius 2 is 1.82 bits per heavy atom. The van der Waals surface area contributed by atoms with E-state index in [1.54, 1.807) is 22.8 Å². The summed E-state index contributed by atoms with van der Waals surface area (Å²) < 4.78 is 9.14. The van der Waals surface area contributed by atoms with Gasteiger partial charge in [-0.05, 0) is 36.5 Å². The summed E-state index contributed by atoms with van der Waals surface area (Å²) in [4.78, 5) is 11.8. The van der Waals surface area contributed by atoms with Crippen LogP contribution in [0.2, 0.25) is 5.02 Å². The monoisotopic (exact) mass is 490 g/mol. The topological polar surface area (TPSA) is 122 Å². The number of benzene rings is 2. The van der Waals surface area contributed by atoms with Gasteiger partial charge >= 0.3 is 0 Å². The second-order valence-electron chi connectivity index (χ2n) is 7.66. The van der Waals surface area contributed by atoms with Gasteiger partial charge in [-0.15, -0.1) is 5.10 Å². The molecule has 3 aromatic rings. The Bertz CT molecular complexity index is 1200. The number of hydrogen-bond donors (Lipinski definition) is 4. The van der Waals surface area contributed by atoms with E-state index in [0.717, 1.165) is 5.69 Å². The zero-order valence-corrected chi connectivity index (χ0v) is 19.1. The Balaban J connectivity index is 1.92. The first-order valence-corrected chi connectivity index (χ1v) is 11.0. The first-order chi connectivity index (χ1) is 15.8. The molecule has 174 valence electrons. The maximum atomic E-state index is 11.8. The van der Waals surface area contributed by atoms with E-state index in [1.807, 2.05) is 36.4 Å². The standard InChI is InChI=1S/C22H23ClN4O5S/c1-12(29)24-17-19(31)18(30)16(11-28)32-21(17)27-22(33)26(13-7-3-2-4-8-13)20(25-27)14-9-5-6-10-15(14)23/h2-10,16-19,21,28,30-31H,11H2,1H3,(H,24,29)/t16-,17-,18+,19+,21-/m0/s1. The number of rotatable bonds is 5. The molecular formula is C22H23ClN4O5S. The Morgan fingerprint density at radius 3 is 2.45 bits per heavy atom. The zero-order chi connectivity index (χ0) is 23.7. The van der Waals surface area contributed by atoms with Crippen LogP contribution in [0.4, 0.5) is 0 Å². The number of carbonyl (C=O) groups is 1. The average Bonchev–Trinajstić information content (AvgIpc) is 3.14. The second kappa shape index (κ2) is 9.72. The SMILES string of the molecule is CC(=O)N[C@H]1[C@@H](O)[C@H](O)[C@H](CO)O[C@@H]1n1nc(-c2ccccc2Cl)n(-c2ccccc2)c1=S. The van der Waals surface area contributed by atoms with Crippen LogP contribution in [-0.4, -0.2) is 66.5 Å². The predicted octanol–water partition coefficient (Wildman–Crippen LogP) is 1.84.